The van der Waals surface area contributed by atoms with Crippen LogP contribution >= 0.6 is 0 Å². The Morgan fingerprint density at radius 2 is 0.600 bits per heavy atom. The van der Waals surface area contributed by atoms with Gasteiger partial charge < -0.3 is 0 Å². The Labute approximate surface area is 145 Å². The van der Waals surface area contributed by atoms with E-state index < -0.39 is 54.5 Å². The first-order valence-electron chi connectivity index (χ1n) is 2.67. The van der Waals surface area contributed by atoms with Gasteiger partial charge in [0.15, 0.2) is 0 Å². The van der Waals surface area contributed by atoms with E-state index in [2.05, 4.69) is 5.68 Å². The van der Waals surface area contributed by atoms with E-state index in [9.17, 15) is 47.1 Å². The molecule has 0 aromatic heterocycles. The molecule has 0 saturated carbocycles. The zero-order valence-electron chi connectivity index (χ0n) is 8.06. The van der Waals surface area contributed by atoms with Gasteiger partial charge >= 0.3 is 147 Å². The van der Waals surface area contributed by atoms with Crippen molar-refractivity contribution in [3.63, 3.8) is 0 Å². The molecule has 0 amide bonds. The summed E-state index contributed by atoms with van der Waals surface area (Å²) < 4.78 is 118. The number of rotatable bonds is 4. The summed E-state index contributed by atoms with van der Waals surface area (Å²) in [7, 11) is 0. The molecule has 125 valence electrons. The quantitative estimate of drug-likeness (QED) is 0.276. The molecule has 0 aliphatic heterocycles. The van der Waals surface area contributed by atoms with E-state index in [1.165, 1.54) is 0 Å². The van der Waals surface area contributed by atoms with Gasteiger partial charge in [-0.25, -0.2) is 0 Å². The Bertz CT molecular complexity index is 534. The Kier molecular flexibility index (Phi) is 15.3. The van der Waals surface area contributed by atoms with Crippen LogP contribution in [0.1, 0.15) is 0 Å². The molecule has 1 radical (unpaired) electrons. The molecule has 0 heterocycles. The number of hydrogen-bond acceptors (Lipinski definition) is 14. The first kappa shape index (κ1) is 29.6. The van der Waals surface area contributed by atoms with Gasteiger partial charge in [-0.2, -0.15) is 0 Å². The van der Waals surface area contributed by atoms with Gasteiger partial charge in [0.1, 0.15) is 0 Å². The SMILES string of the molecule is [Ag+].[Cr+3].[O]=[Cr](=[O])([O-])[O][Cr](=[O])(=[O])[O-].[O]=[Cr](=[O])([O-])[O][Cr](=[O])(=[O])[O-]. The first-order chi connectivity index (χ1) is 7.41. The predicted octanol–water partition coefficient (Wildman–Crippen LogP) is -5.86. The van der Waals surface area contributed by atoms with Crippen LogP contribution < -0.4 is 16.6 Å². The Morgan fingerprint density at radius 1 is 0.500 bits per heavy atom. The summed E-state index contributed by atoms with van der Waals surface area (Å²) >= 11 is -24.3. The minimum atomic E-state index is -6.07. The van der Waals surface area contributed by atoms with Gasteiger partial charge in [-0.1, -0.05) is 0 Å². The van der Waals surface area contributed by atoms with Crippen LogP contribution in [0.3, 0.4) is 0 Å². The van der Waals surface area contributed by atoms with E-state index >= 15 is 0 Å². The summed E-state index contributed by atoms with van der Waals surface area (Å²) in [6.45, 7) is 0. The van der Waals surface area contributed by atoms with Crippen molar-refractivity contribution in [3.8, 4) is 0 Å². The van der Waals surface area contributed by atoms with Gasteiger partial charge in [0.05, 0.1) is 0 Å². The van der Waals surface area contributed by atoms with Crippen LogP contribution in [0.25, 0.3) is 0 Å². The predicted molar refractivity (Wildman–Crippen MR) is 7.66 cm³/mol. The summed E-state index contributed by atoms with van der Waals surface area (Å²) in [5, 5.41) is 0. The summed E-state index contributed by atoms with van der Waals surface area (Å²) in [6, 6.07) is 0. The Morgan fingerprint density at radius 3 is 0.600 bits per heavy atom. The van der Waals surface area contributed by atoms with Crippen molar-refractivity contribution in [2.45, 2.75) is 0 Å². The molecule has 0 unspecified atom stereocenters. The van der Waals surface area contributed by atoms with Crippen molar-refractivity contribution < 1.29 is 147 Å². The van der Waals surface area contributed by atoms with E-state index in [4.69, 9.17) is 0 Å². The van der Waals surface area contributed by atoms with Gasteiger partial charge in [0, 0.05) is 0 Å². The molecule has 0 aliphatic rings. The molecule has 20 heavy (non-hydrogen) atoms. The van der Waals surface area contributed by atoms with E-state index in [0.29, 0.717) is 0 Å². The van der Waals surface area contributed by atoms with Crippen molar-refractivity contribution in [2.24, 2.45) is 0 Å². The molecule has 0 bridgehead atoms. The molecule has 0 N–H and O–H groups in total. The van der Waals surface area contributed by atoms with Gasteiger partial charge in [-0.15, -0.1) is 0 Å². The van der Waals surface area contributed by atoms with Crippen molar-refractivity contribution in [1.82, 2.24) is 0 Å². The van der Waals surface area contributed by atoms with Crippen molar-refractivity contribution in [1.29, 1.82) is 0 Å². The second-order valence-corrected chi connectivity index (χ2v) is 9.05. The van der Waals surface area contributed by atoms with Gasteiger partial charge in [-0.05, 0) is 0 Å². The molecule has 0 atom stereocenters. The zero-order chi connectivity index (χ0) is 15.4. The third kappa shape index (κ3) is 36.6. The van der Waals surface area contributed by atoms with Crippen LogP contribution in [0.5, 0.6) is 0 Å². The third-order valence-electron chi connectivity index (χ3n) is 0.333. The molecule has 0 aliphatic carbocycles. The fourth-order valence-corrected chi connectivity index (χ4v) is 3.47. The molecule has 0 spiro atoms. The second kappa shape index (κ2) is 10.4. The molecular weight excluding hydrogens is 592 g/mol. The van der Waals surface area contributed by atoms with Gasteiger partial charge in [0.25, 0.3) is 0 Å². The summed E-state index contributed by atoms with van der Waals surface area (Å²) in [6.07, 6.45) is 0. The summed E-state index contributed by atoms with van der Waals surface area (Å²) in [5.41, 5.74) is 0. The molecule has 0 aromatic rings. The topological polar surface area (TPSA) is 247 Å². The van der Waals surface area contributed by atoms with Gasteiger partial charge in [-0.3, -0.25) is 0 Å². The van der Waals surface area contributed by atoms with Crippen LogP contribution in [0.15, 0.2) is 0 Å². The first-order valence-corrected chi connectivity index (χ1v) is 11.0. The molecule has 0 saturated heterocycles. The minimum absolute atomic E-state index is 0. The van der Waals surface area contributed by atoms with Crippen LogP contribution in [0, 0.1) is 0 Å². The molecule has 0 fully saturated rings. The maximum absolute atomic E-state index is 9.38. The maximum atomic E-state index is 9.38. The van der Waals surface area contributed by atoms with E-state index in [-0.39, 0.29) is 39.7 Å². The van der Waals surface area contributed by atoms with Crippen LogP contribution in [0.2, 0.25) is 0 Å². The van der Waals surface area contributed by atoms with Crippen LogP contribution in [-0.2, 0) is 130 Å². The standard InChI is InChI=1S/Ag.5Cr.14O/q+1;;;;;+3;;;;;;;;;;;4*-1. The van der Waals surface area contributed by atoms with E-state index in [1.54, 1.807) is 0 Å². The molecule has 14 nitrogen and oxygen atoms in total. The summed E-state index contributed by atoms with van der Waals surface area (Å²) in [4.78, 5) is 0. The molecule has 0 rings (SSSR count). The van der Waals surface area contributed by atoms with E-state index in [0.717, 1.165) is 0 Å². The van der Waals surface area contributed by atoms with Crippen LogP contribution in [-0.4, -0.2) is 0 Å². The van der Waals surface area contributed by atoms with Gasteiger partial charge in [0.2, 0.25) is 0 Å². The van der Waals surface area contributed by atoms with Crippen molar-refractivity contribution in [2.75, 3.05) is 0 Å². The van der Waals surface area contributed by atoms with Crippen LogP contribution in [0.4, 0.5) is 0 Å². The average molecular weight is 592 g/mol. The van der Waals surface area contributed by atoms with Crippen molar-refractivity contribution in [3.05, 3.63) is 0 Å². The second-order valence-electron chi connectivity index (χ2n) is 1.77. The van der Waals surface area contributed by atoms with E-state index in [1.807, 2.05) is 0 Å². The molecular formula is AgCr5O14. The molecule has 0 aromatic carbocycles. The number of hydrogen-bond donors (Lipinski definition) is 0. The monoisotopic (exact) mass is 591 g/mol. The fourth-order valence-electron chi connectivity index (χ4n) is 0.204. The third-order valence-corrected chi connectivity index (χ3v) is 5.67. The summed E-state index contributed by atoms with van der Waals surface area (Å²) in [5.74, 6) is 0. The zero-order valence-corrected chi connectivity index (χ0v) is 15.9. The average Bonchev–Trinajstić information content (AvgIpc) is 1.64. The Hall–Kier alpha value is 1.56. The fraction of sp³-hybridized carbons (Fsp3) is 0. The van der Waals surface area contributed by atoms with Crippen molar-refractivity contribution >= 4 is 0 Å². The Balaban J connectivity index is -0.000000116. The normalized spacial score (nSPS) is 12.2. The molecule has 20 heteroatoms.